The van der Waals surface area contributed by atoms with Gasteiger partial charge in [-0.25, -0.2) is 9.07 Å². The summed E-state index contributed by atoms with van der Waals surface area (Å²) in [4.78, 5) is 0. The molecule has 5 heteroatoms. The van der Waals surface area contributed by atoms with Gasteiger partial charge in [-0.2, -0.15) is 0 Å². The molecule has 0 bridgehead atoms. The molecule has 2 aromatic rings. The Kier molecular flexibility index (Phi) is 1.92. The zero-order chi connectivity index (χ0) is 10.1. The number of halogens is 1. The Morgan fingerprint density at radius 2 is 2.21 bits per heavy atom. The smallest absolute Gasteiger partial charge is 0.166 e. The Morgan fingerprint density at radius 3 is 2.86 bits per heavy atom. The first kappa shape index (κ1) is 8.68. The second-order valence-electron chi connectivity index (χ2n) is 3.04. The summed E-state index contributed by atoms with van der Waals surface area (Å²) in [6, 6.07) is 4.77. The average molecular weight is 192 g/mol. The third kappa shape index (κ3) is 1.44. The maximum Gasteiger partial charge on any atom is 0.166 e. The SMILES string of the molecule is Cc1ccc(F)c(-n2cc(N)nn2)c1. The average Bonchev–Trinajstić information content (AvgIpc) is 2.56. The normalized spacial score (nSPS) is 10.4. The molecule has 0 aliphatic rings. The van der Waals surface area contributed by atoms with E-state index in [0.29, 0.717) is 5.69 Å². The molecule has 0 saturated carbocycles. The lowest BCUT2D eigenvalue weighted by Gasteiger charge is -2.02. The molecule has 0 amide bonds. The fourth-order valence-electron chi connectivity index (χ4n) is 1.19. The number of aromatic nitrogens is 3. The molecule has 2 N–H and O–H groups in total. The van der Waals surface area contributed by atoms with Gasteiger partial charge in [0.1, 0.15) is 11.5 Å². The van der Waals surface area contributed by atoms with E-state index in [0.717, 1.165) is 5.56 Å². The molecule has 0 spiro atoms. The predicted octanol–water partition coefficient (Wildman–Crippen LogP) is 1.30. The van der Waals surface area contributed by atoms with Crippen LogP contribution in [0.15, 0.2) is 24.4 Å². The number of benzene rings is 1. The summed E-state index contributed by atoms with van der Waals surface area (Å²) in [6.07, 6.45) is 1.47. The van der Waals surface area contributed by atoms with Crippen LogP contribution < -0.4 is 5.73 Å². The molecule has 14 heavy (non-hydrogen) atoms. The van der Waals surface area contributed by atoms with E-state index in [9.17, 15) is 4.39 Å². The van der Waals surface area contributed by atoms with Crippen molar-refractivity contribution in [2.75, 3.05) is 5.73 Å². The number of nitrogens with two attached hydrogens (primary N) is 1. The van der Waals surface area contributed by atoms with Crippen molar-refractivity contribution in [3.8, 4) is 5.69 Å². The minimum atomic E-state index is -0.347. The minimum Gasteiger partial charge on any atom is -0.381 e. The van der Waals surface area contributed by atoms with Crippen molar-refractivity contribution in [1.29, 1.82) is 0 Å². The molecule has 0 radical (unpaired) electrons. The number of rotatable bonds is 1. The van der Waals surface area contributed by atoms with Crippen molar-refractivity contribution < 1.29 is 4.39 Å². The summed E-state index contributed by atoms with van der Waals surface area (Å²) in [5, 5.41) is 7.28. The lowest BCUT2D eigenvalue weighted by molar-refractivity contribution is 0.606. The predicted molar refractivity (Wildman–Crippen MR) is 50.5 cm³/mol. The van der Waals surface area contributed by atoms with Crippen molar-refractivity contribution in [1.82, 2.24) is 15.0 Å². The number of aryl methyl sites for hydroxylation is 1. The highest BCUT2D eigenvalue weighted by Gasteiger charge is 2.06. The first-order chi connectivity index (χ1) is 6.66. The molecule has 0 saturated heterocycles. The van der Waals surface area contributed by atoms with E-state index in [-0.39, 0.29) is 11.6 Å². The van der Waals surface area contributed by atoms with Crippen LogP contribution in [-0.4, -0.2) is 15.0 Å². The second kappa shape index (κ2) is 3.10. The third-order valence-corrected chi connectivity index (χ3v) is 1.86. The van der Waals surface area contributed by atoms with Crippen LogP contribution in [0.1, 0.15) is 5.56 Å². The van der Waals surface area contributed by atoms with Gasteiger partial charge in [0.2, 0.25) is 0 Å². The minimum absolute atomic E-state index is 0.269. The Morgan fingerprint density at radius 1 is 1.43 bits per heavy atom. The highest BCUT2D eigenvalue weighted by Crippen LogP contribution is 2.14. The van der Waals surface area contributed by atoms with Crippen molar-refractivity contribution in [2.24, 2.45) is 0 Å². The zero-order valence-electron chi connectivity index (χ0n) is 7.61. The zero-order valence-corrected chi connectivity index (χ0v) is 7.61. The highest BCUT2D eigenvalue weighted by molar-refractivity contribution is 5.38. The number of nitrogens with zero attached hydrogens (tertiary/aromatic N) is 3. The molecule has 0 fully saturated rings. The van der Waals surface area contributed by atoms with Crippen LogP contribution in [0.3, 0.4) is 0 Å². The van der Waals surface area contributed by atoms with Gasteiger partial charge >= 0.3 is 0 Å². The molecule has 0 atom stereocenters. The summed E-state index contributed by atoms with van der Waals surface area (Å²) in [5.41, 5.74) is 6.70. The molecule has 0 aliphatic carbocycles. The fourth-order valence-corrected chi connectivity index (χ4v) is 1.19. The van der Waals surface area contributed by atoms with E-state index in [1.807, 2.05) is 6.92 Å². The topological polar surface area (TPSA) is 56.7 Å². The molecule has 1 heterocycles. The Labute approximate surface area is 80.2 Å². The summed E-state index contributed by atoms with van der Waals surface area (Å²) >= 11 is 0. The highest BCUT2D eigenvalue weighted by atomic mass is 19.1. The first-order valence-corrected chi connectivity index (χ1v) is 4.11. The van der Waals surface area contributed by atoms with Crippen LogP contribution >= 0.6 is 0 Å². The second-order valence-corrected chi connectivity index (χ2v) is 3.04. The van der Waals surface area contributed by atoms with Gasteiger partial charge < -0.3 is 5.73 Å². The van der Waals surface area contributed by atoms with Crippen LogP contribution in [0, 0.1) is 12.7 Å². The molecule has 1 aromatic carbocycles. The lowest BCUT2D eigenvalue weighted by atomic mass is 10.2. The van der Waals surface area contributed by atoms with Crippen molar-refractivity contribution in [3.05, 3.63) is 35.8 Å². The van der Waals surface area contributed by atoms with E-state index in [2.05, 4.69) is 10.3 Å². The number of hydrogen-bond acceptors (Lipinski definition) is 3. The van der Waals surface area contributed by atoms with Crippen molar-refractivity contribution >= 4 is 5.82 Å². The van der Waals surface area contributed by atoms with E-state index < -0.39 is 0 Å². The van der Waals surface area contributed by atoms with Gasteiger partial charge in [-0.3, -0.25) is 0 Å². The molecule has 1 aromatic heterocycles. The fraction of sp³-hybridized carbons (Fsp3) is 0.111. The summed E-state index contributed by atoms with van der Waals surface area (Å²) < 4.78 is 14.7. The van der Waals surface area contributed by atoms with Gasteiger partial charge in [0.15, 0.2) is 5.82 Å². The third-order valence-electron chi connectivity index (χ3n) is 1.86. The monoisotopic (exact) mass is 192 g/mol. The standard InChI is InChI=1S/C9H9FN4/c1-6-2-3-7(10)8(4-6)14-5-9(11)12-13-14/h2-5H,11H2,1H3. The van der Waals surface area contributed by atoms with Gasteiger partial charge in [-0.15, -0.1) is 5.10 Å². The van der Waals surface area contributed by atoms with Crippen LogP contribution in [0.25, 0.3) is 5.69 Å². The van der Waals surface area contributed by atoms with Crippen LogP contribution in [0.2, 0.25) is 0 Å². The summed E-state index contributed by atoms with van der Waals surface area (Å²) in [5.74, 6) is -0.0774. The van der Waals surface area contributed by atoms with Crippen molar-refractivity contribution in [3.63, 3.8) is 0 Å². The molecular weight excluding hydrogens is 183 g/mol. The molecule has 72 valence electrons. The Balaban J connectivity index is 2.55. The largest absolute Gasteiger partial charge is 0.381 e. The maximum absolute atomic E-state index is 13.3. The van der Waals surface area contributed by atoms with E-state index in [1.54, 1.807) is 12.1 Å². The molecule has 2 rings (SSSR count). The molecular formula is C9H9FN4. The molecule has 0 unspecified atom stereocenters. The van der Waals surface area contributed by atoms with Crippen LogP contribution in [0.4, 0.5) is 10.2 Å². The lowest BCUT2D eigenvalue weighted by Crippen LogP contribution is -1.99. The van der Waals surface area contributed by atoms with Gasteiger partial charge in [0.25, 0.3) is 0 Å². The first-order valence-electron chi connectivity index (χ1n) is 4.11. The number of nitrogen functional groups attached to an aromatic ring is 1. The van der Waals surface area contributed by atoms with E-state index >= 15 is 0 Å². The van der Waals surface area contributed by atoms with Gasteiger partial charge in [0.05, 0.1) is 6.20 Å². The van der Waals surface area contributed by atoms with Gasteiger partial charge in [-0.05, 0) is 24.6 Å². The summed E-state index contributed by atoms with van der Waals surface area (Å²) in [7, 11) is 0. The Bertz CT molecular complexity index is 464. The maximum atomic E-state index is 13.3. The van der Waals surface area contributed by atoms with E-state index in [1.165, 1.54) is 16.9 Å². The quantitative estimate of drug-likeness (QED) is 0.740. The van der Waals surface area contributed by atoms with Crippen LogP contribution in [-0.2, 0) is 0 Å². The number of anilines is 1. The van der Waals surface area contributed by atoms with E-state index in [4.69, 9.17) is 5.73 Å². The summed E-state index contributed by atoms with van der Waals surface area (Å²) in [6.45, 7) is 1.88. The van der Waals surface area contributed by atoms with Crippen LogP contribution in [0.5, 0.6) is 0 Å². The number of hydrogen-bond donors (Lipinski definition) is 1. The van der Waals surface area contributed by atoms with Gasteiger partial charge in [-0.1, -0.05) is 11.3 Å². The molecule has 0 aliphatic heterocycles. The molecule has 4 nitrogen and oxygen atoms in total. The van der Waals surface area contributed by atoms with Crippen molar-refractivity contribution in [2.45, 2.75) is 6.92 Å². The van der Waals surface area contributed by atoms with Gasteiger partial charge in [0, 0.05) is 0 Å². The Hall–Kier alpha value is -1.91.